The summed E-state index contributed by atoms with van der Waals surface area (Å²) in [5.41, 5.74) is 5.76. The molecule has 0 unspecified atom stereocenters. The molecule has 1 saturated heterocycles. The van der Waals surface area contributed by atoms with Crippen molar-refractivity contribution < 1.29 is 4.79 Å². The lowest BCUT2D eigenvalue weighted by Crippen LogP contribution is -2.40. The Balaban J connectivity index is 1.56. The van der Waals surface area contributed by atoms with E-state index in [-0.39, 0.29) is 5.91 Å². The monoisotopic (exact) mass is 414 g/mol. The summed E-state index contributed by atoms with van der Waals surface area (Å²) in [6, 6.07) is 17.3. The zero-order valence-corrected chi connectivity index (χ0v) is 19.1. The van der Waals surface area contributed by atoms with Gasteiger partial charge >= 0.3 is 0 Å². The van der Waals surface area contributed by atoms with Gasteiger partial charge in [0.1, 0.15) is 5.69 Å². The number of allylic oxidation sites excluding steroid dienone is 1. The number of hydrogen-bond donors (Lipinski definition) is 0. The van der Waals surface area contributed by atoms with E-state index in [2.05, 4.69) is 85.3 Å². The topological polar surface area (TPSA) is 25.2 Å². The Kier molecular flexibility index (Phi) is 6.31. The van der Waals surface area contributed by atoms with Gasteiger partial charge in [-0.05, 0) is 66.8 Å². The molecule has 1 fully saturated rings. The molecule has 0 bridgehead atoms. The van der Waals surface area contributed by atoms with Crippen LogP contribution in [0.5, 0.6) is 0 Å². The molecule has 3 heteroatoms. The number of benzene rings is 2. The van der Waals surface area contributed by atoms with E-state index in [4.69, 9.17) is 0 Å². The van der Waals surface area contributed by atoms with Crippen LogP contribution in [0.4, 0.5) is 0 Å². The van der Waals surface area contributed by atoms with Gasteiger partial charge in [0.25, 0.3) is 5.91 Å². The summed E-state index contributed by atoms with van der Waals surface area (Å²) in [4.78, 5) is 15.7. The highest BCUT2D eigenvalue weighted by atomic mass is 16.2. The van der Waals surface area contributed by atoms with Crippen LogP contribution in [0.3, 0.4) is 0 Å². The lowest BCUT2D eigenvalue weighted by molar-refractivity contribution is 0.0680. The average Bonchev–Trinajstić information content (AvgIpc) is 3.06. The molecule has 2 aromatic carbocycles. The SMILES string of the molecule is C=CCn1c(C(=O)N2CCC(Cc3ccccc3)CC2)c(C)c2cc(C(C)C)ccc21. The average molecular weight is 415 g/mol. The smallest absolute Gasteiger partial charge is 0.270 e. The maximum Gasteiger partial charge on any atom is 0.270 e. The molecule has 1 aliphatic heterocycles. The van der Waals surface area contributed by atoms with Gasteiger partial charge in [-0.3, -0.25) is 4.79 Å². The molecule has 1 aliphatic rings. The standard InChI is InChI=1S/C28H34N2O/c1-5-15-30-26-12-11-24(20(2)3)19-25(26)21(4)27(30)28(31)29-16-13-23(14-17-29)18-22-9-7-6-8-10-22/h5-12,19-20,23H,1,13-18H2,2-4H3. The number of fused-ring (bicyclic) bond motifs is 1. The van der Waals surface area contributed by atoms with Crippen molar-refractivity contribution in [2.45, 2.75) is 52.5 Å². The van der Waals surface area contributed by atoms with Crippen LogP contribution >= 0.6 is 0 Å². The zero-order valence-electron chi connectivity index (χ0n) is 19.1. The van der Waals surface area contributed by atoms with Gasteiger partial charge in [0, 0.05) is 30.5 Å². The fourth-order valence-corrected chi connectivity index (χ4v) is 4.93. The van der Waals surface area contributed by atoms with Gasteiger partial charge in [0.05, 0.1) is 0 Å². The number of likely N-dealkylation sites (tertiary alicyclic amines) is 1. The Labute approximate surface area is 186 Å². The summed E-state index contributed by atoms with van der Waals surface area (Å²) in [5.74, 6) is 1.29. The van der Waals surface area contributed by atoms with E-state index in [0.717, 1.165) is 49.1 Å². The maximum absolute atomic E-state index is 13.6. The van der Waals surface area contributed by atoms with E-state index in [1.165, 1.54) is 16.5 Å². The van der Waals surface area contributed by atoms with Crippen LogP contribution in [0.2, 0.25) is 0 Å². The quantitative estimate of drug-likeness (QED) is 0.431. The summed E-state index contributed by atoms with van der Waals surface area (Å²) in [7, 11) is 0. The summed E-state index contributed by atoms with van der Waals surface area (Å²) in [6.45, 7) is 12.8. The highest BCUT2D eigenvalue weighted by molar-refractivity contribution is 6.02. The van der Waals surface area contributed by atoms with Crippen molar-refractivity contribution in [1.29, 1.82) is 0 Å². The van der Waals surface area contributed by atoms with Crippen LogP contribution in [-0.4, -0.2) is 28.5 Å². The fourth-order valence-electron chi connectivity index (χ4n) is 4.93. The first-order chi connectivity index (χ1) is 15.0. The summed E-state index contributed by atoms with van der Waals surface area (Å²) in [5, 5.41) is 1.19. The predicted octanol–water partition coefficient (Wildman–Crippen LogP) is 6.35. The second kappa shape index (κ2) is 9.13. The molecular weight excluding hydrogens is 380 g/mol. The number of amides is 1. The Hall–Kier alpha value is -2.81. The van der Waals surface area contributed by atoms with Crippen molar-refractivity contribution in [3.05, 3.63) is 83.6 Å². The molecule has 0 N–H and O–H groups in total. The number of piperidine rings is 1. The first kappa shape index (κ1) is 21.4. The van der Waals surface area contributed by atoms with E-state index in [9.17, 15) is 4.79 Å². The molecule has 0 atom stereocenters. The number of aryl methyl sites for hydroxylation is 1. The molecule has 0 spiro atoms. The molecule has 3 aromatic rings. The number of hydrogen-bond acceptors (Lipinski definition) is 1. The zero-order chi connectivity index (χ0) is 22.0. The normalized spacial score (nSPS) is 15.0. The lowest BCUT2D eigenvalue weighted by atomic mass is 9.90. The summed E-state index contributed by atoms with van der Waals surface area (Å²) >= 11 is 0. The minimum absolute atomic E-state index is 0.166. The van der Waals surface area contributed by atoms with Gasteiger partial charge in [0.15, 0.2) is 0 Å². The van der Waals surface area contributed by atoms with Gasteiger partial charge in [0.2, 0.25) is 0 Å². The predicted molar refractivity (Wildman–Crippen MR) is 130 cm³/mol. The van der Waals surface area contributed by atoms with Gasteiger partial charge in [-0.25, -0.2) is 0 Å². The highest BCUT2D eigenvalue weighted by Gasteiger charge is 2.28. The van der Waals surface area contributed by atoms with E-state index >= 15 is 0 Å². The Bertz CT molecular complexity index is 1070. The molecule has 3 nitrogen and oxygen atoms in total. The summed E-state index contributed by atoms with van der Waals surface area (Å²) < 4.78 is 2.15. The molecule has 31 heavy (non-hydrogen) atoms. The van der Waals surface area contributed by atoms with Crippen LogP contribution in [-0.2, 0) is 13.0 Å². The van der Waals surface area contributed by atoms with Gasteiger partial charge in [-0.15, -0.1) is 6.58 Å². The third-order valence-electron chi connectivity index (χ3n) is 6.79. The van der Waals surface area contributed by atoms with E-state index in [0.29, 0.717) is 18.4 Å². The number of carbonyl (C=O) groups excluding carboxylic acids is 1. The second-order valence-electron chi connectivity index (χ2n) is 9.23. The maximum atomic E-state index is 13.6. The number of rotatable bonds is 6. The molecule has 0 saturated carbocycles. The molecule has 162 valence electrons. The first-order valence-corrected chi connectivity index (χ1v) is 11.6. The van der Waals surface area contributed by atoms with Crippen LogP contribution in [0.1, 0.15) is 59.8 Å². The minimum Gasteiger partial charge on any atom is -0.337 e. The fraction of sp³-hybridized carbons (Fsp3) is 0.393. The van der Waals surface area contributed by atoms with Crippen LogP contribution in [0.25, 0.3) is 10.9 Å². The van der Waals surface area contributed by atoms with Crippen molar-refractivity contribution in [2.75, 3.05) is 13.1 Å². The van der Waals surface area contributed by atoms with Gasteiger partial charge < -0.3 is 9.47 Å². The van der Waals surface area contributed by atoms with Crippen molar-refractivity contribution in [3.8, 4) is 0 Å². The van der Waals surface area contributed by atoms with Gasteiger partial charge in [-0.1, -0.05) is 56.3 Å². The number of aromatic nitrogens is 1. The van der Waals surface area contributed by atoms with Crippen molar-refractivity contribution >= 4 is 16.8 Å². The highest BCUT2D eigenvalue weighted by Crippen LogP contribution is 2.31. The number of nitrogens with zero attached hydrogens (tertiary/aromatic N) is 2. The Morgan fingerprint density at radius 1 is 1.13 bits per heavy atom. The van der Waals surface area contributed by atoms with E-state index < -0.39 is 0 Å². The molecular formula is C28H34N2O. The second-order valence-corrected chi connectivity index (χ2v) is 9.23. The van der Waals surface area contributed by atoms with Crippen LogP contribution < -0.4 is 0 Å². The lowest BCUT2D eigenvalue weighted by Gasteiger charge is -2.32. The third kappa shape index (κ3) is 4.32. The van der Waals surface area contributed by atoms with E-state index in [1.807, 2.05) is 6.08 Å². The third-order valence-corrected chi connectivity index (χ3v) is 6.79. The van der Waals surface area contributed by atoms with Crippen LogP contribution in [0, 0.1) is 12.8 Å². The molecule has 0 radical (unpaired) electrons. The first-order valence-electron chi connectivity index (χ1n) is 11.6. The molecule has 4 rings (SSSR count). The largest absolute Gasteiger partial charge is 0.337 e. The van der Waals surface area contributed by atoms with Gasteiger partial charge in [-0.2, -0.15) is 0 Å². The molecule has 0 aliphatic carbocycles. The summed E-state index contributed by atoms with van der Waals surface area (Å²) in [6.07, 6.45) is 5.13. The van der Waals surface area contributed by atoms with Crippen molar-refractivity contribution in [3.63, 3.8) is 0 Å². The van der Waals surface area contributed by atoms with Crippen LogP contribution in [0.15, 0.2) is 61.2 Å². The van der Waals surface area contributed by atoms with Crippen molar-refractivity contribution in [2.24, 2.45) is 5.92 Å². The number of carbonyl (C=O) groups is 1. The van der Waals surface area contributed by atoms with E-state index in [1.54, 1.807) is 0 Å². The Morgan fingerprint density at radius 3 is 2.48 bits per heavy atom. The molecule has 2 heterocycles. The molecule has 1 amide bonds. The minimum atomic E-state index is 0.166. The molecule has 1 aromatic heterocycles. The Morgan fingerprint density at radius 2 is 1.84 bits per heavy atom. The van der Waals surface area contributed by atoms with Crippen molar-refractivity contribution in [1.82, 2.24) is 9.47 Å².